The van der Waals surface area contributed by atoms with E-state index < -0.39 is 0 Å². The predicted molar refractivity (Wildman–Crippen MR) is 69.7 cm³/mol. The first-order valence-corrected chi connectivity index (χ1v) is 6.54. The molecule has 92 valence electrons. The summed E-state index contributed by atoms with van der Waals surface area (Å²) >= 11 is 0. The van der Waals surface area contributed by atoms with Gasteiger partial charge in [0.2, 0.25) is 5.91 Å². The van der Waals surface area contributed by atoms with Crippen LogP contribution >= 0.6 is 0 Å². The number of benzene rings is 1. The van der Waals surface area contributed by atoms with Crippen LogP contribution in [0.25, 0.3) is 0 Å². The largest absolute Gasteiger partial charge is 0.349 e. The standard InChI is InChI=1S/C15H21NO/c1-11(2)7-10-15(17)16-14-9-8-12-5-3-4-6-13(12)14/h3-6,11,14H,7-10H2,1-2H3,(H,16,17). The van der Waals surface area contributed by atoms with E-state index in [0.717, 1.165) is 19.3 Å². The molecule has 1 aliphatic rings. The number of rotatable bonds is 4. The summed E-state index contributed by atoms with van der Waals surface area (Å²) < 4.78 is 0. The maximum atomic E-state index is 11.8. The van der Waals surface area contributed by atoms with Crippen LogP contribution in [0.1, 0.15) is 50.3 Å². The van der Waals surface area contributed by atoms with E-state index in [2.05, 4.69) is 43.4 Å². The van der Waals surface area contributed by atoms with E-state index in [1.807, 2.05) is 0 Å². The summed E-state index contributed by atoms with van der Waals surface area (Å²) in [5, 5.41) is 3.15. The fraction of sp³-hybridized carbons (Fsp3) is 0.533. The van der Waals surface area contributed by atoms with Gasteiger partial charge in [-0.05, 0) is 36.3 Å². The normalized spacial score (nSPS) is 18.2. The summed E-state index contributed by atoms with van der Waals surface area (Å²) in [5.41, 5.74) is 2.70. The van der Waals surface area contributed by atoms with Crippen LogP contribution in [-0.2, 0) is 11.2 Å². The predicted octanol–water partition coefficient (Wildman–Crippen LogP) is 3.23. The number of carbonyl (C=O) groups is 1. The zero-order chi connectivity index (χ0) is 12.3. The highest BCUT2D eigenvalue weighted by atomic mass is 16.1. The minimum Gasteiger partial charge on any atom is -0.349 e. The van der Waals surface area contributed by atoms with Crippen LogP contribution in [0, 0.1) is 5.92 Å². The Morgan fingerprint density at radius 1 is 1.41 bits per heavy atom. The summed E-state index contributed by atoms with van der Waals surface area (Å²) in [7, 11) is 0. The molecule has 1 N–H and O–H groups in total. The quantitative estimate of drug-likeness (QED) is 0.847. The molecule has 2 rings (SSSR count). The Morgan fingerprint density at radius 2 is 2.18 bits per heavy atom. The van der Waals surface area contributed by atoms with Crippen molar-refractivity contribution in [3.8, 4) is 0 Å². The van der Waals surface area contributed by atoms with Crippen LogP contribution in [0.4, 0.5) is 0 Å². The lowest BCUT2D eigenvalue weighted by Crippen LogP contribution is -2.27. The van der Waals surface area contributed by atoms with Gasteiger partial charge in [0.05, 0.1) is 6.04 Å². The minimum absolute atomic E-state index is 0.195. The third-order valence-corrected chi connectivity index (χ3v) is 3.42. The van der Waals surface area contributed by atoms with Crippen LogP contribution in [0.15, 0.2) is 24.3 Å². The summed E-state index contributed by atoms with van der Waals surface area (Å²) in [6.45, 7) is 4.30. The van der Waals surface area contributed by atoms with Gasteiger partial charge in [0, 0.05) is 6.42 Å². The molecule has 0 saturated carbocycles. The van der Waals surface area contributed by atoms with Crippen molar-refractivity contribution in [2.24, 2.45) is 5.92 Å². The highest BCUT2D eigenvalue weighted by molar-refractivity contribution is 5.76. The lowest BCUT2D eigenvalue weighted by atomic mass is 10.1. The van der Waals surface area contributed by atoms with E-state index in [4.69, 9.17) is 0 Å². The monoisotopic (exact) mass is 231 g/mol. The summed E-state index contributed by atoms with van der Waals surface area (Å²) in [6, 6.07) is 8.66. The van der Waals surface area contributed by atoms with Gasteiger partial charge in [-0.15, -0.1) is 0 Å². The van der Waals surface area contributed by atoms with Gasteiger partial charge in [-0.1, -0.05) is 38.1 Å². The molecule has 1 aliphatic carbocycles. The van der Waals surface area contributed by atoms with Gasteiger partial charge in [-0.25, -0.2) is 0 Å². The Hall–Kier alpha value is -1.31. The van der Waals surface area contributed by atoms with Crippen LogP contribution in [0.5, 0.6) is 0 Å². The van der Waals surface area contributed by atoms with Gasteiger partial charge in [0.15, 0.2) is 0 Å². The Kier molecular flexibility index (Phi) is 3.82. The smallest absolute Gasteiger partial charge is 0.220 e. The first-order valence-electron chi connectivity index (χ1n) is 6.54. The number of amides is 1. The number of fused-ring (bicyclic) bond motifs is 1. The second-order valence-corrected chi connectivity index (χ2v) is 5.29. The average Bonchev–Trinajstić information content (AvgIpc) is 2.70. The van der Waals surface area contributed by atoms with Crippen molar-refractivity contribution in [2.45, 2.75) is 45.6 Å². The fourth-order valence-corrected chi connectivity index (χ4v) is 2.39. The topological polar surface area (TPSA) is 29.1 Å². The molecule has 1 atom stereocenters. The van der Waals surface area contributed by atoms with Gasteiger partial charge >= 0.3 is 0 Å². The van der Waals surface area contributed by atoms with Gasteiger partial charge < -0.3 is 5.32 Å². The van der Waals surface area contributed by atoms with E-state index in [0.29, 0.717) is 12.3 Å². The maximum absolute atomic E-state index is 11.8. The molecule has 0 fully saturated rings. The van der Waals surface area contributed by atoms with Crippen molar-refractivity contribution in [2.75, 3.05) is 0 Å². The van der Waals surface area contributed by atoms with Gasteiger partial charge in [0.25, 0.3) is 0 Å². The number of hydrogen-bond acceptors (Lipinski definition) is 1. The Balaban J connectivity index is 1.91. The molecule has 0 saturated heterocycles. The molecule has 0 radical (unpaired) electrons. The molecule has 0 bridgehead atoms. The third kappa shape index (κ3) is 3.09. The van der Waals surface area contributed by atoms with Crippen LogP contribution in [0.2, 0.25) is 0 Å². The number of nitrogens with one attached hydrogen (secondary N) is 1. The maximum Gasteiger partial charge on any atom is 0.220 e. The SMILES string of the molecule is CC(C)CCC(=O)NC1CCc2ccccc21. The second kappa shape index (κ2) is 5.35. The first kappa shape index (κ1) is 12.2. The molecule has 0 aromatic heterocycles. The van der Waals surface area contributed by atoms with E-state index >= 15 is 0 Å². The summed E-state index contributed by atoms with van der Waals surface area (Å²) in [5.74, 6) is 0.789. The van der Waals surface area contributed by atoms with Crippen molar-refractivity contribution in [3.05, 3.63) is 35.4 Å². The molecule has 0 heterocycles. The van der Waals surface area contributed by atoms with Crippen molar-refractivity contribution < 1.29 is 4.79 Å². The van der Waals surface area contributed by atoms with Crippen molar-refractivity contribution >= 4 is 5.91 Å². The van der Waals surface area contributed by atoms with Gasteiger partial charge in [0.1, 0.15) is 0 Å². The minimum atomic E-state index is 0.195. The first-order chi connectivity index (χ1) is 8.16. The number of hydrogen-bond donors (Lipinski definition) is 1. The van der Waals surface area contributed by atoms with Gasteiger partial charge in [-0.3, -0.25) is 4.79 Å². The number of aryl methyl sites for hydroxylation is 1. The molecule has 1 amide bonds. The van der Waals surface area contributed by atoms with Crippen LogP contribution in [0.3, 0.4) is 0 Å². The van der Waals surface area contributed by atoms with E-state index in [1.165, 1.54) is 11.1 Å². The zero-order valence-electron chi connectivity index (χ0n) is 10.7. The molecule has 1 aromatic carbocycles. The van der Waals surface area contributed by atoms with Crippen molar-refractivity contribution in [1.29, 1.82) is 0 Å². The molecular formula is C15H21NO. The summed E-state index contributed by atoms with van der Waals surface area (Å²) in [4.78, 5) is 11.8. The average molecular weight is 231 g/mol. The third-order valence-electron chi connectivity index (χ3n) is 3.42. The lowest BCUT2D eigenvalue weighted by Gasteiger charge is -2.14. The van der Waals surface area contributed by atoms with Crippen LogP contribution < -0.4 is 5.32 Å². The lowest BCUT2D eigenvalue weighted by molar-refractivity contribution is -0.122. The Bertz CT molecular complexity index is 398. The molecule has 1 unspecified atom stereocenters. The van der Waals surface area contributed by atoms with Crippen molar-refractivity contribution in [1.82, 2.24) is 5.32 Å². The van der Waals surface area contributed by atoms with Gasteiger partial charge in [-0.2, -0.15) is 0 Å². The molecule has 0 aliphatic heterocycles. The van der Waals surface area contributed by atoms with E-state index in [1.54, 1.807) is 0 Å². The fourth-order valence-electron chi connectivity index (χ4n) is 2.39. The molecule has 2 heteroatoms. The van der Waals surface area contributed by atoms with E-state index in [9.17, 15) is 4.79 Å². The molecular weight excluding hydrogens is 210 g/mol. The summed E-state index contributed by atoms with van der Waals surface area (Å²) in [6.07, 6.45) is 3.76. The highest BCUT2D eigenvalue weighted by Crippen LogP contribution is 2.30. The Labute approximate surface area is 103 Å². The Morgan fingerprint density at radius 3 is 2.94 bits per heavy atom. The molecule has 1 aromatic rings. The van der Waals surface area contributed by atoms with E-state index in [-0.39, 0.29) is 11.9 Å². The highest BCUT2D eigenvalue weighted by Gasteiger charge is 2.22. The molecule has 17 heavy (non-hydrogen) atoms. The van der Waals surface area contributed by atoms with Crippen LogP contribution in [-0.4, -0.2) is 5.91 Å². The van der Waals surface area contributed by atoms with Crippen molar-refractivity contribution in [3.63, 3.8) is 0 Å². The molecule has 0 spiro atoms. The molecule has 2 nitrogen and oxygen atoms in total. The zero-order valence-corrected chi connectivity index (χ0v) is 10.7. The second-order valence-electron chi connectivity index (χ2n) is 5.29. The number of carbonyl (C=O) groups excluding carboxylic acids is 1.